The molecule has 18 heavy (non-hydrogen) atoms. The van der Waals surface area contributed by atoms with Crippen LogP contribution in [-0.4, -0.2) is 41.9 Å². The van der Waals surface area contributed by atoms with Crippen molar-refractivity contribution in [3.8, 4) is 5.88 Å². The van der Waals surface area contributed by atoms with Crippen molar-refractivity contribution in [3.05, 3.63) is 34.6 Å². The van der Waals surface area contributed by atoms with Crippen molar-refractivity contribution in [3.63, 3.8) is 0 Å². The van der Waals surface area contributed by atoms with Crippen LogP contribution >= 0.6 is 0 Å². The predicted octanol–water partition coefficient (Wildman–Crippen LogP) is 0.874. The Labute approximate surface area is 106 Å². The SMILES string of the molecule is CN(C)CCOc1nn(C)c(=O)c2ccccc12. The highest BCUT2D eigenvalue weighted by Crippen LogP contribution is 2.19. The molecular weight excluding hydrogens is 230 g/mol. The predicted molar refractivity (Wildman–Crippen MR) is 71.0 cm³/mol. The van der Waals surface area contributed by atoms with Gasteiger partial charge < -0.3 is 9.64 Å². The maximum atomic E-state index is 11.9. The molecule has 5 nitrogen and oxygen atoms in total. The number of hydrogen-bond acceptors (Lipinski definition) is 4. The smallest absolute Gasteiger partial charge is 0.274 e. The van der Waals surface area contributed by atoms with E-state index in [4.69, 9.17) is 4.74 Å². The van der Waals surface area contributed by atoms with Crippen LogP contribution in [0.4, 0.5) is 0 Å². The zero-order chi connectivity index (χ0) is 13.1. The number of hydrogen-bond donors (Lipinski definition) is 0. The molecule has 0 bridgehead atoms. The Balaban J connectivity index is 2.38. The van der Waals surface area contributed by atoms with Gasteiger partial charge >= 0.3 is 0 Å². The van der Waals surface area contributed by atoms with E-state index in [0.717, 1.165) is 11.9 Å². The normalized spacial score (nSPS) is 11.1. The Morgan fingerprint density at radius 1 is 1.28 bits per heavy atom. The molecule has 0 atom stereocenters. The summed E-state index contributed by atoms with van der Waals surface area (Å²) >= 11 is 0. The lowest BCUT2D eigenvalue weighted by Gasteiger charge is -2.12. The number of benzene rings is 1. The summed E-state index contributed by atoms with van der Waals surface area (Å²) < 4.78 is 6.97. The minimum Gasteiger partial charge on any atom is -0.475 e. The summed E-state index contributed by atoms with van der Waals surface area (Å²) in [5, 5.41) is 5.56. The Morgan fingerprint density at radius 3 is 2.61 bits per heavy atom. The van der Waals surface area contributed by atoms with Crippen LogP contribution in [0, 0.1) is 0 Å². The van der Waals surface area contributed by atoms with Crippen molar-refractivity contribution in [2.45, 2.75) is 0 Å². The van der Waals surface area contributed by atoms with Gasteiger partial charge in [-0.1, -0.05) is 12.1 Å². The average molecular weight is 247 g/mol. The molecule has 0 saturated heterocycles. The van der Waals surface area contributed by atoms with E-state index >= 15 is 0 Å². The number of rotatable bonds is 4. The lowest BCUT2D eigenvalue weighted by Crippen LogP contribution is -2.23. The van der Waals surface area contributed by atoms with Gasteiger partial charge in [0.2, 0.25) is 5.88 Å². The number of aromatic nitrogens is 2. The van der Waals surface area contributed by atoms with Gasteiger partial charge in [0, 0.05) is 13.6 Å². The number of aryl methyl sites for hydroxylation is 1. The van der Waals surface area contributed by atoms with Gasteiger partial charge in [-0.05, 0) is 26.2 Å². The molecule has 1 aromatic heterocycles. The number of likely N-dealkylation sites (N-methyl/N-ethyl adjacent to an activating group) is 1. The molecule has 0 aliphatic heterocycles. The highest BCUT2D eigenvalue weighted by molar-refractivity contribution is 5.85. The zero-order valence-corrected chi connectivity index (χ0v) is 10.9. The van der Waals surface area contributed by atoms with E-state index in [0.29, 0.717) is 17.9 Å². The molecule has 1 aromatic carbocycles. The standard InChI is InChI=1S/C13H17N3O2/c1-15(2)8-9-18-12-10-6-4-5-7-11(10)13(17)16(3)14-12/h4-7H,8-9H2,1-3H3. The highest BCUT2D eigenvalue weighted by atomic mass is 16.5. The van der Waals surface area contributed by atoms with Gasteiger partial charge in [0.15, 0.2) is 0 Å². The minimum atomic E-state index is -0.106. The molecule has 0 N–H and O–H groups in total. The van der Waals surface area contributed by atoms with Gasteiger partial charge in [-0.25, -0.2) is 4.68 Å². The Kier molecular flexibility index (Phi) is 3.62. The van der Waals surface area contributed by atoms with Gasteiger partial charge in [-0.3, -0.25) is 4.79 Å². The molecule has 2 rings (SSSR count). The van der Waals surface area contributed by atoms with Crippen molar-refractivity contribution < 1.29 is 4.74 Å². The van der Waals surface area contributed by atoms with Crippen molar-refractivity contribution in [2.24, 2.45) is 7.05 Å². The third-order valence-electron chi connectivity index (χ3n) is 2.70. The first-order valence-electron chi connectivity index (χ1n) is 5.83. The second kappa shape index (κ2) is 5.18. The number of ether oxygens (including phenoxy) is 1. The van der Waals surface area contributed by atoms with Crippen LogP contribution in [0.1, 0.15) is 0 Å². The number of nitrogens with zero attached hydrogens (tertiary/aromatic N) is 3. The monoisotopic (exact) mass is 247 g/mol. The molecule has 96 valence electrons. The minimum absolute atomic E-state index is 0.106. The molecule has 0 radical (unpaired) electrons. The average Bonchev–Trinajstić information content (AvgIpc) is 2.35. The van der Waals surface area contributed by atoms with Crippen LogP contribution in [0.25, 0.3) is 10.8 Å². The fraction of sp³-hybridized carbons (Fsp3) is 0.385. The van der Waals surface area contributed by atoms with Crippen molar-refractivity contribution in [2.75, 3.05) is 27.2 Å². The molecule has 5 heteroatoms. The van der Waals surface area contributed by atoms with E-state index < -0.39 is 0 Å². The molecular formula is C13H17N3O2. The maximum absolute atomic E-state index is 11.9. The summed E-state index contributed by atoms with van der Waals surface area (Å²) in [5.74, 6) is 0.509. The first-order valence-corrected chi connectivity index (χ1v) is 5.83. The van der Waals surface area contributed by atoms with E-state index in [-0.39, 0.29) is 5.56 Å². The third-order valence-corrected chi connectivity index (χ3v) is 2.70. The van der Waals surface area contributed by atoms with Gasteiger partial charge in [-0.15, -0.1) is 5.10 Å². The van der Waals surface area contributed by atoms with Crippen LogP contribution < -0.4 is 10.3 Å². The van der Waals surface area contributed by atoms with Crippen LogP contribution in [0.2, 0.25) is 0 Å². The molecule has 0 fully saturated rings. The molecule has 1 heterocycles. The van der Waals surface area contributed by atoms with E-state index in [1.165, 1.54) is 4.68 Å². The van der Waals surface area contributed by atoms with Gasteiger partial charge in [0.05, 0.1) is 10.8 Å². The summed E-state index contributed by atoms with van der Waals surface area (Å²) in [4.78, 5) is 13.9. The lowest BCUT2D eigenvalue weighted by atomic mass is 10.2. The Bertz CT molecular complexity index is 605. The third kappa shape index (κ3) is 2.51. The zero-order valence-electron chi connectivity index (χ0n) is 10.9. The maximum Gasteiger partial charge on any atom is 0.274 e. The van der Waals surface area contributed by atoms with Crippen LogP contribution in [0.5, 0.6) is 5.88 Å². The van der Waals surface area contributed by atoms with Crippen molar-refractivity contribution >= 4 is 10.8 Å². The van der Waals surface area contributed by atoms with E-state index in [2.05, 4.69) is 5.10 Å². The van der Waals surface area contributed by atoms with Gasteiger partial charge in [0.25, 0.3) is 5.56 Å². The molecule has 0 amide bonds. The molecule has 0 saturated carbocycles. The molecule has 0 aliphatic rings. The lowest BCUT2D eigenvalue weighted by molar-refractivity contribution is 0.252. The van der Waals surface area contributed by atoms with E-state index in [1.54, 1.807) is 13.1 Å². The quantitative estimate of drug-likeness (QED) is 0.804. The van der Waals surface area contributed by atoms with Crippen LogP contribution in [0.15, 0.2) is 29.1 Å². The molecule has 0 unspecified atom stereocenters. The summed E-state index contributed by atoms with van der Waals surface area (Å²) in [5.41, 5.74) is -0.106. The summed E-state index contributed by atoms with van der Waals surface area (Å²) in [6, 6.07) is 7.36. The van der Waals surface area contributed by atoms with Gasteiger partial charge in [0.1, 0.15) is 6.61 Å². The Hall–Kier alpha value is -1.88. The Morgan fingerprint density at radius 2 is 1.94 bits per heavy atom. The van der Waals surface area contributed by atoms with Crippen LogP contribution in [0.3, 0.4) is 0 Å². The summed E-state index contributed by atoms with van der Waals surface area (Å²) in [7, 11) is 5.60. The van der Waals surface area contributed by atoms with E-state index in [9.17, 15) is 4.79 Å². The second-order valence-electron chi connectivity index (χ2n) is 4.43. The largest absolute Gasteiger partial charge is 0.475 e. The highest BCUT2D eigenvalue weighted by Gasteiger charge is 2.08. The second-order valence-corrected chi connectivity index (χ2v) is 4.43. The van der Waals surface area contributed by atoms with Crippen LogP contribution in [-0.2, 0) is 7.05 Å². The van der Waals surface area contributed by atoms with Gasteiger partial charge in [-0.2, -0.15) is 0 Å². The van der Waals surface area contributed by atoms with E-state index in [1.807, 2.05) is 37.2 Å². The first kappa shape index (κ1) is 12.6. The molecule has 0 aliphatic carbocycles. The fourth-order valence-corrected chi connectivity index (χ4v) is 1.70. The summed E-state index contributed by atoms with van der Waals surface area (Å²) in [6.45, 7) is 1.35. The summed E-state index contributed by atoms with van der Waals surface area (Å²) in [6.07, 6.45) is 0. The van der Waals surface area contributed by atoms with Crippen molar-refractivity contribution in [1.29, 1.82) is 0 Å². The fourth-order valence-electron chi connectivity index (χ4n) is 1.70. The molecule has 0 spiro atoms. The number of fused-ring (bicyclic) bond motifs is 1. The molecule has 2 aromatic rings. The topological polar surface area (TPSA) is 47.4 Å². The van der Waals surface area contributed by atoms with Crippen molar-refractivity contribution in [1.82, 2.24) is 14.7 Å². The first-order chi connectivity index (χ1) is 8.59.